The number of benzene rings is 1. The highest BCUT2D eigenvalue weighted by atomic mass is 14.9. The Morgan fingerprint density at radius 2 is 1.94 bits per heavy atom. The first-order chi connectivity index (χ1) is 8.28. The van der Waals surface area contributed by atoms with Crippen molar-refractivity contribution >= 4 is 5.69 Å². The molecule has 0 saturated carbocycles. The third-order valence-corrected chi connectivity index (χ3v) is 2.64. The second kappa shape index (κ2) is 5.46. The van der Waals surface area contributed by atoms with Crippen molar-refractivity contribution in [3.8, 4) is 0 Å². The van der Waals surface area contributed by atoms with E-state index in [2.05, 4.69) is 41.5 Å². The summed E-state index contributed by atoms with van der Waals surface area (Å²) < 4.78 is 0. The van der Waals surface area contributed by atoms with Gasteiger partial charge in [0.25, 0.3) is 0 Å². The molecule has 0 radical (unpaired) electrons. The molecule has 3 heteroatoms. The van der Waals surface area contributed by atoms with E-state index in [1.54, 1.807) is 6.20 Å². The number of hydrogen-bond donors (Lipinski definition) is 2. The Morgan fingerprint density at radius 1 is 1.18 bits per heavy atom. The average molecular weight is 227 g/mol. The zero-order valence-corrected chi connectivity index (χ0v) is 9.98. The zero-order chi connectivity index (χ0) is 12.1. The molecule has 0 amide bonds. The van der Waals surface area contributed by atoms with Crippen molar-refractivity contribution in [3.05, 3.63) is 59.4 Å². The molecule has 2 aromatic rings. The molecule has 3 N–H and O–H groups in total. The molecule has 0 aliphatic carbocycles. The highest BCUT2D eigenvalue weighted by Crippen LogP contribution is 2.10. The topological polar surface area (TPSA) is 50.9 Å². The summed E-state index contributed by atoms with van der Waals surface area (Å²) in [6.45, 7) is 3.35. The van der Waals surface area contributed by atoms with Crippen LogP contribution in [0.2, 0.25) is 0 Å². The maximum atomic E-state index is 5.59. The van der Waals surface area contributed by atoms with E-state index in [-0.39, 0.29) is 0 Å². The minimum atomic E-state index is 0.556. The molecule has 1 aromatic heterocycles. The van der Waals surface area contributed by atoms with Crippen LogP contribution in [0.1, 0.15) is 16.8 Å². The van der Waals surface area contributed by atoms with E-state index < -0.39 is 0 Å². The third-order valence-electron chi connectivity index (χ3n) is 2.64. The lowest BCUT2D eigenvalue weighted by atomic mass is 10.2. The van der Waals surface area contributed by atoms with Crippen molar-refractivity contribution in [2.75, 3.05) is 5.32 Å². The van der Waals surface area contributed by atoms with E-state index in [0.29, 0.717) is 6.54 Å². The lowest BCUT2D eigenvalue weighted by molar-refractivity contribution is 0.997. The Morgan fingerprint density at radius 3 is 2.65 bits per heavy atom. The standard InChI is InChI=1S/C14H17N3/c1-11-2-4-13(5-3-11)17-10-14-8-12(9-15)6-7-16-14/h2-8,17H,9-10,15H2,1H3. The molecular formula is C14H17N3. The van der Waals surface area contributed by atoms with Crippen LogP contribution in [0, 0.1) is 6.92 Å². The molecule has 1 aromatic carbocycles. The van der Waals surface area contributed by atoms with Gasteiger partial charge in [-0.1, -0.05) is 17.7 Å². The van der Waals surface area contributed by atoms with Crippen LogP contribution in [-0.4, -0.2) is 4.98 Å². The van der Waals surface area contributed by atoms with Crippen LogP contribution in [0.4, 0.5) is 5.69 Å². The predicted octanol–water partition coefficient (Wildman–Crippen LogP) is 2.46. The Labute approximate surface area is 102 Å². The van der Waals surface area contributed by atoms with E-state index in [4.69, 9.17) is 5.73 Å². The average Bonchev–Trinajstić information content (AvgIpc) is 2.38. The van der Waals surface area contributed by atoms with Gasteiger partial charge in [-0.2, -0.15) is 0 Å². The first-order valence-corrected chi connectivity index (χ1v) is 5.72. The molecule has 0 fully saturated rings. The third kappa shape index (κ3) is 3.29. The van der Waals surface area contributed by atoms with Crippen LogP contribution in [-0.2, 0) is 13.1 Å². The van der Waals surface area contributed by atoms with Gasteiger partial charge in [-0.15, -0.1) is 0 Å². The normalized spacial score (nSPS) is 10.2. The molecule has 0 aliphatic rings. The molecule has 0 atom stereocenters. The highest BCUT2D eigenvalue weighted by molar-refractivity contribution is 5.44. The summed E-state index contributed by atoms with van der Waals surface area (Å²) in [6.07, 6.45) is 1.80. The quantitative estimate of drug-likeness (QED) is 0.843. The van der Waals surface area contributed by atoms with Crippen LogP contribution in [0.15, 0.2) is 42.6 Å². The first-order valence-electron chi connectivity index (χ1n) is 5.72. The second-order valence-corrected chi connectivity index (χ2v) is 4.08. The van der Waals surface area contributed by atoms with Gasteiger partial charge in [0.05, 0.1) is 12.2 Å². The van der Waals surface area contributed by atoms with Crippen LogP contribution in [0.3, 0.4) is 0 Å². The number of nitrogens with two attached hydrogens (primary N) is 1. The van der Waals surface area contributed by atoms with Crippen molar-refractivity contribution in [2.24, 2.45) is 5.73 Å². The van der Waals surface area contributed by atoms with Crippen LogP contribution in [0.5, 0.6) is 0 Å². The molecule has 0 bridgehead atoms. The summed E-state index contributed by atoms with van der Waals surface area (Å²) in [5.74, 6) is 0. The molecule has 88 valence electrons. The van der Waals surface area contributed by atoms with Crippen LogP contribution >= 0.6 is 0 Å². The molecule has 17 heavy (non-hydrogen) atoms. The van der Waals surface area contributed by atoms with Crippen LogP contribution in [0.25, 0.3) is 0 Å². The highest BCUT2D eigenvalue weighted by Gasteiger charge is 1.97. The number of hydrogen-bond acceptors (Lipinski definition) is 3. The van der Waals surface area contributed by atoms with Crippen molar-refractivity contribution in [3.63, 3.8) is 0 Å². The Kier molecular flexibility index (Phi) is 3.73. The number of rotatable bonds is 4. The van der Waals surface area contributed by atoms with Gasteiger partial charge in [-0.05, 0) is 36.8 Å². The maximum absolute atomic E-state index is 5.59. The largest absolute Gasteiger partial charge is 0.379 e. The van der Waals surface area contributed by atoms with Gasteiger partial charge >= 0.3 is 0 Å². The first kappa shape index (κ1) is 11.6. The minimum Gasteiger partial charge on any atom is -0.379 e. The van der Waals surface area contributed by atoms with Crippen LogP contribution < -0.4 is 11.1 Å². The van der Waals surface area contributed by atoms with Crippen molar-refractivity contribution in [2.45, 2.75) is 20.0 Å². The van der Waals surface area contributed by atoms with E-state index in [1.165, 1.54) is 5.56 Å². The summed E-state index contributed by atoms with van der Waals surface area (Å²) in [7, 11) is 0. The summed E-state index contributed by atoms with van der Waals surface area (Å²) >= 11 is 0. The number of anilines is 1. The van der Waals surface area contributed by atoms with E-state index in [1.807, 2.05) is 12.1 Å². The van der Waals surface area contributed by atoms with Gasteiger partial charge < -0.3 is 11.1 Å². The molecule has 0 aliphatic heterocycles. The van der Waals surface area contributed by atoms with Gasteiger partial charge in [0, 0.05) is 18.4 Å². The maximum Gasteiger partial charge on any atom is 0.0597 e. The Bertz CT molecular complexity index is 477. The summed E-state index contributed by atoms with van der Waals surface area (Å²) in [5.41, 5.74) is 10.1. The lowest BCUT2D eigenvalue weighted by Gasteiger charge is -2.07. The van der Waals surface area contributed by atoms with Gasteiger partial charge in [-0.25, -0.2) is 0 Å². The molecule has 0 unspecified atom stereocenters. The van der Waals surface area contributed by atoms with E-state index in [0.717, 1.165) is 23.5 Å². The molecule has 3 nitrogen and oxygen atoms in total. The fraction of sp³-hybridized carbons (Fsp3) is 0.214. The van der Waals surface area contributed by atoms with Crippen molar-refractivity contribution in [1.29, 1.82) is 0 Å². The number of nitrogens with one attached hydrogen (secondary N) is 1. The molecule has 0 spiro atoms. The van der Waals surface area contributed by atoms with E-state index >= 15 is 0 Å². The van der Waals surface area contributed by atoms with Gasteiger partial charge in [0.1, 0.15) is 0 Å². The summed E-state index contributed by atoms with van der Waals surface area (Å²) in [6, 6.07) is 12.3. The minimum absolute atomic E-state index is 0.556. The predicted molar refractivity (Wildman–Crippen MR) is 70.6 cm³/mol. The zero-order valence-electron chi connectivity index (χ0n) is 9.98. The SMILES string of the molecule is Cc1ccc(NCc2cc(CN)ccn2)cc1. The monoisotopic (exact) mass is 227 g/mol. The number of nitrogens with zero attached hydrogens (tertiary/aromatic N) is 1. The van der Waals surface area contributed by atoms with Gasteiger partial charge in [-0.3, -0.25) is 4.98 Å². The van der Waals surface area contributed by atoms with Gasteiger partial charge in [0.2, 0.25) is 0 Å². The number of aryl methyl sites for hydroxylation is 1. The fourth-order valence-electron chi connectivity index (χ4n) is 1.62. The Balaban J connectivity index is 1.99. The molecule has 0 saturated heterocycles. The smallest absolute Gasteiger partial charge is 0.0597 e. The second-order valence-electron chi connectivity index (χ2n) is 4.08. The lowest BCUT2D eigenvalue weighted by Crippen LogP contribution is -2.04. The fourth-order valence-corrected chi connectivity index (χ4v) is 1.62. The molecule has 2 rings (SSSR count). The van der Waals surface area contributed by atoms with E-state index in [9.17, 15) is 0 Å². The Hall–Kier alpha value is -1.87. The van der Waals surface area contributed by atoms with Gasteiger partial charge in [0.15, 0.2) is 0 Å². The summed E-state index contributed by atoms with van der Waals surface area (Å²) in [5, 5.41) is 3.34. The number of aromatic nitrogens is 1. The molecular weight excluding hydrogens is 210 g/mol. The van der Waals surface area contributed by atoms with Crippen molar-refractivity contribution in [1.82, 2.24) is 4.98 Å². The number of pyridine rings is 1. The van der Waals surface area contributed by atoms with Crippen molar-refractivity contribution < 1.29 is 0 Å². The molecule has 1 heterocycles. The summed E-state index contributed by atoms with van der Waals surface area (Å²) in [4.78, 5) is 4.30.